The van der Waals surface area contributed by atoms with Crippen molar-refractivity contribution in [3.63, 3.8) is 0 Å². The first kappa shape index (κ1) is 13.7. The molecular weight excluding hydrogens is 244 g/mol. The van der Waals surface area contributed by atoms with Gasteiger partial charge in [0.1, 0.15) is 0 Å². The number of carboxylic acid groups (broad SMARTS) is 1. The Morgan fingerprint density at radius 3 is 2.65 bits per heavy atom. The Morgan fingerprint density at radius 2 is 2.24 bits per heavy atom. The van der Waals surface area contributed by atoms with Crippen molar-refractivity contribution in [1.29, 1.82) is 0 Å². The van der Waals surface area contributed by atoms with Crippen LogP contribution >= 0.6 is 0 Å². The van der Waals surface area contributed by atoms with Crippen LogP contribution in [0.15, 0.2) is 23.4 Å². The Morgan fingerprint density at radius 1 is 1.59 bits per heavy atom. The number of aliphatic carboxylic acids is 1. The van der Waals surface area contributed by atoms with Gasteiger partial charge in [-0.25, -0.2) is 13.1 Å². The zero-order valence-corrected chi connectivity index (χ0v) is 10.6. The maximum atomic E-state index is 11.8. The van der Waals surface area contributed by atoms with E-state index in [4.69, 9.17) is 5.11 Å². The zero-order valence-electron chi connectivity index (χ0n) is 9.75. The number of aromatic nitrogens is 1. The average Bonchev–Trinajstić information content (AvgIpc) is 2.66. The van der Waals surface area contributed by atoms with Crippen LogP contribution in [-0.2, 0) is 21.9 Å². The molecule has 96 valence electrons. The summed E-state index contributed by atoms with van der Waals surface area (Å²) in [6.07, 6.45) is 3.46. The van der Waals surface area contributed by atoms with Gasteiger partial charge in [0.05, 0.1) is 10.8 Å². The lowest BCUT2D eigenvalue weighted by molar-refractivity contribution is -0.141. The van der Waals surface area contributed by atoms with Crippen LogP contribution in [-0.4, -0.2) is 30.6 Å². The fraction of sp³-hybridized carbons (Fsp3) is 0.500. The number of carboxylic acids is 1. The maximum Gasteiger partial charge on any atom is 0.307 e. The van der Waals surface area contributed by atoms with Crippen molar-refractivity contribution < 1.29 is 18.3 Å². The molecule has 0 aliphatic carbocycles. The first-order chi connectivity index (χ1) is 7.86. The molecule has 17 heavy (non-hydrogen) atoms. The second-order valence-corrected chi connectivity index (χ2v) is 5.57. The molecule has 0 spiro atoms. The van der Waals surface area contributed by atoms with Gasteiger partial charge in [0.2, 0.25) is 10.0 Å². The van der Waals surface area contributed by atoms with Gasteiger partial charge >= 0.3 is 5.97 Å². The van der Waals surface area contributed by atoms with Crippen LogP contribution in [0.2, 0.25) is 0 Å². The third-order valence-electron chi connectivity index (χ3n) is 2.48. The van der Waals surface area contributed by atoms with E-state index >= 15 is 0 Å². The van der Waals surface area contributed by atoms with Gasteiger partial charge in [0, 0.05) is 26.0 Å². The van der Waals surface area contributed by atoms with Gasteiger partial charge in [0.15, 0.2) is 0 Å². The van der Waals surface area contributed by atoms with Gasteiger partial charge in [-0.3, -0.25) is 4.79 Å². The summed E-state index contributed by atoms with van der Waals surface area (Å²) in [5.74, 6) is -1.70. The minimum absolute atomic E-state index is 0.0942. The van der Waals surface area contributed by atoms with Gasteiger partial charge in [-0.15, -0.1) is 0 Å². The highest BCUT2D eigenvalue weighted by molar-refractivity contribution is 7.89. The summed E-state index contributed by atoms with van der Waals surface area (Å²) in [7, 11) is -1.90. The minimum Gasteiger partial charge on any atom is -0.481 e. The summed E-state index contributed by atoms with van der Waals surface area (Å²) >= 11 is 0. The molecule has 1 aromatic rings. The molecule has 1 rings (SSSR count). The molecule has 7 heteroatoms. The van der Waals surface area contributed by atoms with Crippen LogP contribution in [0.3, 0.4) is 0 Å². The lowest BCUT2D eigenvalue weighted by Crippen LogP contribution is -2.32. The number of nitrogens with zero attached hydrogens (tertiary/aromatic N) is 1. The van der Waals surface area contributed by atoms with Crippen molar-refractivity contribution in [1.82, 2.24) is 9.29 Å². The first-order valence-electron chi connectivity index (χ1n) is 5.21. The molecule has 0 aromatic carbocycles. The molecule has 0 amide bonds. The van der Waals surface area contributed by atoms with Crippen molar-refractivity contribution >= 4 is 16.0 Å². The van der Waals surface area contributed by atoms with E-state index in [1.165, 1.54) is 12.3 Å². The molecular formula is C10H16N2O4S. The summed E-state index contributed by atoms with van der Waals surface area (Å²) in [5, 5.41) is 8.81. The van der Waals surface area contributed by atoms with Gasteiger partial charge < -0.3 is 9.67 Å². The van der Waals surface area contributed by atoms with E-state index in [0.29, 0.717) is 6.42 Å². The smallest absolute Gasteiger partial charge is 0.307 e. The van der Waals surface area contributed by atoms with Crippen molar-refractivity contribution in [2.45, 2.75) is 18.2 Å². The molecule has 0 radical (unpaired) electrons. The van der Waals surface area contributed by atoms with Crippen molar-refractivity contribution in [3.8, 4) is 0 Å². The number of aryl methyl sites for hydroxylation is 1. The zero-order chi connectivity index (χ0) is 13.1. The average molecular weight is 260 g/mol. The maximum absolute atomic E-state index is 11.8. The highest BCUT2D eigenvalue weighted by Crippen LogP contribution is 2.09. The van der Waals surface area contributed by atoms with E-state index in [-0.39, 0.29) is 11.4 Å². The van der Waals surface area contributed by atoms with Crippen LogP contribution in [0.25, 0.3) is 0 Å². The number of rotatable bonds is 6. The lowest BCUT2D eigenvalue weighted by atomic mass is 10.1. The number of hydrogen-bond acceptors (Lipinski definition) is 3. The minimum atomic E-state index is -3.61. The van der Waals surface area contributed by atoms with E-state index < -0.39 is 21.9 Å². The summed E-state index contributed by atoms with van der Waals surface area (Å²) in [6.45, 7) is 1.61. The monoisotopic (exact) mass is 260 g/mol. The molecule has 1 heterocycles. The molecule has 1 unspecified atom stereocenters. The number of hydrogen-bond donors (Lipinski definition) is 2. The summed E-state index contributed by atoms with van der Waals surface area (Å²) in [5.41, 5.74) is 0. The van der Waals surface area contributed by atoms with E-state index in [9.17, 15) is 13.2 Å². The summed E-state index contributed by atoms with van der Waals surface area (Å²) < 4.78 is 27.5. The highest BCUT2D eigenvalue weighted by Gasteiger charge is 2.20. The predicted molar refractivity (Wildman–Crippen MR) is 62.0 cm³/mol. The Bertz CT molecular complexity index is 492. The van der Waals surface area contributed by atoms with Crippen LogP contribution in [0.5, 0.6) is 0 Å². The standard InChI is InChI=1S/C10H16N2O4S/c1-3-8(10(13)14)6-11-17(15,16)9-4-5-12(2)7-9/h4-5,7-8,11H,3,6H2,1-2H3,(H,13,14). The molecule has 0 aliphatic rings. The SMILES string of the molecule is CCC(CNS(=O)(=O)c1ccn(C)c1)C(=O)O. The Hall–Kier alpha value is -1.34. The van der Waals surface area contributed by atoms with Crippen LogP contribution in [0, 0.1) is 5.92 Å². The number of carbonyl (C=O) groups is 1. The van der Waals surface area contributed by atoms with E-state index in [0.717, 1.165) is 0 Å². The molecule has 0 bridgehead atoms. The van der Waals surface area contributed by atoms with Gasteiger partial charge in [0.25, 0.3) is 0 Å². The normalized spacial score (nSPS) is 13.5. The van der Waals surface area contributed by atoms with E-state index in [2.05, 4.69) is 4.72 Å². The fourth-order valence-electron chi connectivity index (χ4n) is 1.34. The van der Waals surface area contributed by atoms with Crippen molar-refractivity contribution in [2.75, 3.05) is 6.54 Å². The molecule has 1 atom stereocenters. The van der Waals surface area contributed by atoms with Crippen LogP contribution in [0.4, 0.5) is 0 Å². The largest absolute Gasteiger partial charge is 0.481 e. The lowest BCUT2D eigenvalue weighted by Gasteiger charge is -2.10. The third kappa shape index (κ3) is 3.57. The quantitative estimate of drug-likeness (QED) is 0.775. The van der Waals surface area contributed by atoms with Crippen molar-refractivity contribution in [3.05, 3.63) is 18.5 Å². The van der Waals surface area contributed by atoms with Crippen molar-refractivity contribution in [2.24, 2.45) is 13.0 Å². The van der Waals surface area contributed by atoms with Gasteiger partial charge in [-0.05, 0) is 12.5 Å². The fourth-order valence-corrected chi connectivity index (χ4v) is 2.47. The third-order valence-corrected chi connectivity index (χ3v) is 3.89. The van der Waals surface area contributed by atoms with E-state index in [1.807, 2.05) is 0 Å². The number of sulfonamides is 1. The Labute approximate surface area is 100 Å². The predicted octanol–water partition coefficient (Wildman–Crippen LogP) is 0.414. The summed E-state index contributed by atoms with van der Waals surface area (Å²) in [4.78, 5) is 10.9. The topological polar surface area (TPSA) is 88.4 Å². The molecule has 1 aromatic heterocycles. The Balaban J connectivity index is 2.71. The molecule has 6 nitrogen and oxygen atoms in total. The van der Waals surface area contributed by atoms with Crippen LogP contribution < -0.4 is 4.72 Å². The first-order valence-corrected chi connectivity index (χ1v) is 6.69. The molecule has 0 fully saturated rings. The molecule has 0 saturated carbocycles. The second-order valence-electron chi connectivity index (χ2n) is 3.81. The molecule has 0 aliphatic heterocycles. The van der Waals surface area contributed by atoms with E-state index in [1.54, 1.807) is 24.7 Å². The number of nitrogens with one attached hydrogen (secondary N) is 1. The molecule has 2 N–H and O–H groups in total. The Kier molecular flexibility index (Phi) is 4.30. The highest BCUT2D eigenvalue weighted by atomic mass is 32.2. The molecule has 0 saturated heterocycles. The van der Waals surface area contributed by atoms with Gasteiger partial charge in [-0.1, -0.05) is 6.92 Å². The second kappa shape index (κ2) is 5.33. The van der Waals surface area contributed by atoms with Crippen LogP contribution in [0.1, 0.15) is 13.3 Å². The summed E-state index contributed by atoms with van der Waals surface area (Å²) in [6, 6.07) is 1.46. The van der Waals surface area contributed by atoms with Gasteiger partial charge in [-0.2, -0.15) is 0 Å².